The number of carbonyl (C=O) groups is 1. The predicted octanol–water partition coefficient (Wildman–Crippen LogP) is 0.287. The van der Waals surface area contributed by atoms with Crippen LogP contribution in [0.4, 0.5) is 0 Å². The van der Waals surface area contributed by atoms with Crippen molar-refractivity contribution in [3.05, 3.63) is 35.9 Å². The van der Waals surface area contributed by atoms with Gasteiger partial charge in [0.05, 0.1) is 19.1 Å². The van der Waals surface area contributed by atoms with Crippen molar-refractivity contribution in [3.8, 4) is 5.75 Å². The monoisotopic (exact) mass is 289 g/mol. The minimum absolute atomic E-state index is 0.658. The van der Waals surface area contributed by atoms with E-state index < -0.39 is 5.97 Å². The van der Waals surface area contributed by atoms with Crippen molar-refractivity contribution in [1.29, 1.82) is 0 Å². The highest BCUT2D eigenvalue weighted by atomic mass is 16.5. The summed E-state index contributed by atoms with van der Waals surface area (Å²) in [4.78, 5) is 12.1. The molecule has 1 heterocycles. The van der Waals surface area contributed by atoms with Crippen molar-refractivity contribution in [1.82, 2.24) is 0 Å². The lowest BCUT2D eigenvalue weighted by Crippen LogP contribution is -3.12. The fourth-order valence-electron chi connectivity index (χ4n) is 2.69. The van der Waals surface area contributed by atoms with Crippen LogP contribution in [0.2, 0.25) is 0 Å². The maximum Gasteiger partial charge on any atom is 0.137 e. The van der Waals surface area contributed by atoms with E-state index in [9.17, 15) is 9.90 Å². The molecule has 4 nitrogen and oxygen atoms in total. The summed E-state index contributed by atoms with van der Waals surface area (Å²) in [5, 5.41) is 10.5. The molecular formula is C17H23NO3. The molecule has 0 aromatic heterocycles. The van der Waals surface area contributed by atoms with Crippen LogP contribution in [0.3, 0.4) is 0 Å². The largest absolute Gasteiger partial charge is 0.545 e. The fraction of sp³-hybridized carbons (Fsp3) is 0.471. The van der Waals surface area contributed by atoms with E-state index in [2.05, 4.69) is 0 Å². The Bertz CT molecular complexity index is 477. The van der Waals surface area contributed by atoms with Crippen LogP contribution in [0, 0.1) is 0 Å². The van der Waals surface area contributed by atoms with Gasteiger partial charge < -0.3 is 19.5 Å². The third-order valence-corrected chi connectivity index (χ3v) is 3.84. The summed E-state index contributed by atoms with van der Waals surface area (Å²) in [6, 6.07) is 7.46. The molecule has 0 atom stereocenters. The van der Waals surface area contributed by atoms with E-state index in [0.717, 1.165) is 23.9 Å². The summed E-state index contributed by atoms with van der Waals surface area (Å²) >= 11 is 0. The van der Waals surface area contributed by atoms with Crippen molar-refractivity contribution < 1.29 is 19.5 Å². The molecule has 0 radical (unpaired) electrons. The molecule has 4 heteroatoms. The number of para-hydroxylation sites is 1. The molecule has 1 fully saturated rings. The highest BCUT2D eigenvalue weighted by Crippen LogP contribution is 2.19. The number of carboxylic acids is 1. The molecule has 2 rings (SSSR count). The number of hydrogen-bond acceptors (Lipinski definition) is 3. The lowest BCUT2D eigenvalue weighted by molar-refractivity contribution is -0.899. The number of quaternary nitrogens is 1. The summed E-state index contributed by atoms with van der Waals surface area (Å²) in [5.41, 5.74) is 0.771. The van der Waals surface area contributed by atoms with Gasteiger partial charge in [-0.2, -0.15) is 0 Å². The Morgan fingerprint density at radius 1 is 1.19 bits per heavy atom. The summed E-state index contributed by atoms with van der Waals surface area (Å²) in [6.45, 7) is 4.12. The first-order valence-corrected chi connectivity index (χ1v) is 7.70. The van der Waals surface area contributed by atoms with E-state index >= 15 is 0 Å². The summed E-state index contributed by atoms with van der Waals surface area (Å²) < 4.78 is 5.83. The van der Waals surface area contributed by atoms with Crippen LogP contribution < -0.4 is 14.7 Å². The van der Waals surface area contributed by atoms with Gasteiger partial charge in [0.2, 0.25) is 0 Å². The van der Waals surface area contributed by atoms with Crippen LogP contribution in [0.15, 0.2) is 30.3 Å². The zero-order chi connectivity index (χ0) is 14.9. The number of rotatable bonds is 6. The minimum atomic E-state index is -1.20. The van der Waals surface area contributed by atoms with Gasteiger partial charge in [-0.1, -0.05) is 18.2 Å². The lowest BCUT2D eigenvalue weighted by Gasteiger charge is -2.17. The maximum absolute atomic E-state index is 10.5. The van der Waals surface area contributed by atoms with Gasteiger partial charge >= 0.3 is 0 Å². The first-order valence-electron chi connectivity index (χ1n) is 7.70. The molecule has 1 aliphatic rings. The quantitative estimate of drug-likeness (QED) is 0.766. The lowest BCUT2D eigenvalue weighted by atomic mass is 10.2. The van der Waals surface area contributed by atoms with Gasteiger partial charge in [0, 0.05) is 5.56 Å². The second-order valence-electron chi connectivity index (χ2n) is 5.45. The predicted molar refractivity (Wildman–Crippen MR) is 80.0 cm³/mol. The van der Waals surface area contributed by atoms with Crippen molar-refractivity contribution in [2.45, 2.75) is 25.7 Å². The molecular weight excluding hydrogens is 266 g/mol. The summed E-state index contributed by atoms with van der Waals surface area (Å²) in [5.74, 6) is -0.469. The fourth-order valence-corrected chi connectivity index (χ4v) is 2.69. The Kier molecular flexibility index (Phi) is 6.28. The number of carboxylic acid groups (broad SMARTS) is 1. The molecule has 0 spiro atoms. The molecule has 0 unspecified atom stereocenters. The molecule has 21 heavy (non-hydrogen) atoms. The van der Waals surface area contributed by atoms with Crippen molar-refractivity contribution in [2.75, 3.05) is 26.2 Å². The van der Waals surface area contributed by atoms with E-state index in [4.69, 9.17) is 4.74 Å². The Hall–Kier alpha value is -1.81. The van der Waals surface area contributed by atoms with Gasteiger partial charge in [0.15, 0.2) is 0 Å². The average molecular weight is 289 g/mol. The number of carbonyl (C=O) groups excluding carboxylic acids is 1. The molecule has 0 amide bonds. The van der Waals surface area contributed by atoms with Crippen LogP contribution in [0.1, 0.15) is 31.2 Å². The summed E-state index contributed by atoms with van der Waals surface area (Å²) in [6.07, 6.45) is 7.86. The van der Waals surface area contributed by atoms with Gasteiger partial charge in [-0.25, -0.2) is 0 Å². The number of hydrogen-bond donors (Lipinski definition) is 1. The Balaban J connectivity index is 1.86. The number of ether oxygens (including phenoxy) is 1. The number of nitrogens with one attached hydrogen (secondary N) is 1. The molecule has 114 valence electrons. The Morgan fingerprint density at radius 2 is 1.90 bits per heavy atom. The van der Waals surface area contributed by atoms with Crippen molar-refractivity contribution in [3.63, 3.8) is 0 Å². The minimum Gasteiger partial charge on any atom is -0.545 e. The first kappa shape index (κ1) is 15.6. The molecule has 1 saturated heterocycles. The Morgan fingerprint density at radius 3 is 2.62 bits per heavy atom. The number of benzene rings is 1. The van der Waals surface area contributed by atoms with E-state index in [1.54, 1.807) is 4.90 Å². The SMILES string of the molecule is O=C([O-])/C=C/c1ccccc1OCC[NH+]1CCCCCC1. The molecule has 1 aromatic carbocycles. The van der Waals surface area contributed by atoms with E-state index in [1.807, 2.05) is 24.3 Å². The van der Waals surface area contributed by atoms with Gasteiger partial charge in [-0.3, -0.25) is 0 Å². The first-order chi connectivity index (χ1) is 10.3. The third-order valence-electron chi connectivity index (χ3n) is 3.84. The van der Waals surface area contributed by atoms with Crippen molar-refractivity contribution >= 4 is 12.0 Å². The van der Waals surface area contributed by atoms with E-state index in [0.29, 0.717) is 6.61 Å². The number of aliphatic carboxylic acids is 1. The molecule has 1 aromatic rings. The smallest absolute Gasteiger partial charge is 0.137 e. The number of likely N-dealkylation sites (tertiary alicyclic amines) is 1. The van der Waals surface area contributed by atoms with E-state index in [1.165, 1.54) is 44.8 Å². The molecule has 0 aliphatic carbocycles. The third kappa shape index (κ3) is 5.60. The Labute approximate surface area is 126 Å². The summed E-state index contributed by atoms with van der Waals surface area (Å²) in [7, 11) is 0. The average Bonchev–Trinajstić information content (AvgIpc) is 2.75. The van der Waals surface area contributed by atoms with Crippen LogP contribution in [-0.2, 0) is 4.79 Å². The van der Waals surface area contributed by atoms with E-state index in [-0.39, 0.29) is 0 Å². The zero-order valence-electron chi connectivity index (χ0n) is 12.3. The highest BCUT2D eigenvalue weighted by Gasteiger charge is 2.12. The molecule has 1 N–H and O–H groups in total. The standard InChI is InChI=1S/C17H23NO3/c19-17(20)10-9-15-7-3-4-8-16(15)21-14-13-18-11-5-1-2-6-12-18/h3-4,7-10H,1-2,5-6,11-14H2,(H,19,20)/b10-9+. The van der Waals surface area contributed by atoms with Crippen LogP contribution >= 0.6 is 0 Å². The van der Waals surface area contributed by atoms with Gasteiger partial charge in [0.25, 0.3) is 0 Å². The molecule has 0 bridgehead atoms. The second kappa shape index (κ2) is 8.47. The highest BCUT2D eigenvalue weighted by molar-refractivity contribution is 5.84. The molecule has 0 saturated carbocycles. The van der Waals surface area contributed by atoms with Crippen molar-refractivity contribution in [2.24, 2.45) is 0 Å². The second-order valence-corrected chi connectivity index (χ2v) is 5.45. The normalized spacial score (nSPS) is 16.8. The zero-order valence-corrected chi connectivity index (χ0v) is 12.3. The van der Waals surface area contributed by atoms with Crippen LogP contribution in [0.25, 0.3) is 6.08 Å². The van der Waals surface area contributed by atoms with Crippen LogP contribution in [0.5, 0.6) is 5.75 Å². The topological polar surface area (TPSA) is 53.8 Å². The van der Waals surface area contributed by atoms with Gasteiger partial charge in [-0.15, -0.1) is 0 Å². The molecule has 1 aliphatic heterocycles. The van der Waals surface area contributed by atoms with Gasteiger partial charge in [0.1, 0.15) is 18.9 Å². The maximum atomic E-state index is 10.5. The van der Waals surface area contributed by atoms with Crippen LogP contribution in [-0.4, -0.2) is 32.2 Å². The van der Waals surface area contributed by atoms with Gasteiger partial charge in [-0.05, 0) is 43.9 Å².